The first-order valence-corrected chi connectivity index (χ1v) is 6.72. The second-order valence-corrected chi connectivity index (χ2v) is 5.37. The van der Waals surface area contributed by atoms with Crippen molar-refractivity contribution in [2.45, 2.75) is 57.9 Å². The van der Waals surface area contributed by atoms with Crippen molar-refractivity contribution >= 4 is 17.6 Å². The Kier molecular flexibility index (Phi) is 3.27. The molecule has 5 heteroatoms. The lowest BCUT2D eigenvalue weighted by atomic mass is 9.81. The van der Waals surface area contributed by atoms with Crippen LogP contribution >= 0.6 is 0 Å². The van der Waals surface area contributed by atoms with Crippen molar-refractivity contribution in [1.29, 1.82) is 0 Å². The van der Waals surface area contributed by atoms with E-state index in [2.05, 4.69) is 10.3 Å². The topological polar surface area (TPSA) is 84.5 Å². The summed E-state index contributed by atoms with van der Waals surface area (Å²) in [6, 6.07) is 0. The molecular formula is C13H21N3O2. The summed E-state index contributed by atoms with van der Waals surface area (Å²) < 4.78 is 0. The van der Waals surface area contributed by atoms with Crippen LogP contribution < -0.4 is 11.1 Å². The highest BCUT2D eigenvalue weighted by molar-refractivity contribution is 6.20. The maximum absolute atomic E-state index is 12.2. The van der Waals surface area contributed by atoms with Crippen molar-refractivity contribution in [3.05, 3.63) is 0 Å². The number of aliphatic imine (C=N–C) groups is 1. The number of amides is 2. The summed E-state index contributed by atoms with van der Waals surface area (Å²) in [6.07, 6.45) is 4.35. The van der Waals surface area contributed by atoms with E-state index in [0.29, 0.717) is 31.5 Å². The van der Waals surface area contributed by atoms with Crippen LogP contribution in [0.4, 0.5) is 0 Å². The van der Waals surface area contributed by atoms with Gasteiger partial charge in [0.2, 0.25) is 5.91 Å². The number of nitrogens with zero attached hydrogens (tertiary/aromatic N) is 1. The van der Waals surface area contributed by atoms with Gasteiger partial charge in [0.25, 0.3) is 5.91 Å². The molecule has 0 aromatic heterocycles. The van der Waals surface area contributed by atoms with E-state index >= 15 is 0 Å². The monoisotopic (exact) mass is 251 g/mol. The van der Waals surface area contributed by atoms with E-state index in [1.807, 2.05) is 13.8 Å². The summed E-state index contributed by atoms with van der Waals surface area (Å²) in [4.78, 5) is 28.6. The summed E-state index contributed by atoms with van der Waals surface area (Å²) in [5.41, 5.74) is 4.59. The van der Waals surface area contributed by atoms with E-state index in [0.717, 1.165) is 12.8 Å². The number of amidine groups is 1. The molecule has 0 atom stereocenters. The minimum atomic E-state index is -0.897. The van der Waals surface area contributed by atoms with Crippen molar-refractivity contribution in [2.24, 2.45) is 16.1 Å². The van der Waals surface area contributed by atoms with Crippen molar-refractivity contribution in [3.63, 3.8) is 0 Å². The quantitative estimate of drug-likeness (QED) is 0.737. The van der Waals surface area contributed by atoms with E-state index in [-0.39, 0.29) is 11.8 Å². The summed E-state index contributed by atoms with van der Waals surface area (Å²) >= 11 is 0. The number of nitrogens with one attached hydrogen (secondary N) is 1. The number of hydrogen-bond acceptors (Lipinski definition) is 3. The van der Waals surface area contributed by atoms with E-state index < -0.39 is 11.0 Å². The summed E-state index contributed by atoms with van der Waals surface area (Å²) in [7, 11) is 0. The van der Waals surface area contributed by atoms with Gasteiger partial charge in [-0.3, -0.25) is 9.59 Å². The second kappa shape index (κ2) is 4.46. The average Bonchev–Trinajstić information content (AvgIpc) is 2.85. The standard InChI is InChI=1S/C13H21N3O2/c1-3-13(14,4-2)9-15-10(17)12(11(18)16-9)7-5-6-8-12/h3-8,14H2,1-2H3,(H,15,16,17,18). The average molecular weight is 251 g/mol. The Balaban J connectivity index is 2.34. The number of rotatable bonds is 3. The number of nitrogens with two attached hydrogens (primary N) is 1. The lowest BCUT2D eigenvalue weighted by Crippen LogP contribution is -2.61. The largest absolute Gasteiger partial charge is 0.319 e. The SMILES string of the molecule is CCC(N)(CC)C1=NC(=O)C2(CCCC2)C(=O)N1. The lowest BCUT2D eigenvalue weighted by molar-refractivity contribution is -0.141. The van der Waals surface area contributed by atoms with Crippen LogP contribution in [-0.2, 0) is 9.59 Å². The number of hydrogen-bond donors (Lipinski definition) is 2. The zero-order chi connectivity index (χ0) is 13.4. The Morgan fingerprint density at radius 3 is 2.28 bits per heavy atom. The van der Waals surface area contributed by atoms with Gasteiger partial charge in [-0.25, -0.2) is 0 Å². The second-order valence-electron chi connectivity index (χ2n) is 5.37. The van der Waals surface area contributed by atoms with E-state index in [1.165, 1.54) is 0 Å². The van der Waals surface area contributed by atoms with Crippen LogP contribution in [-0.4, -0.2) is 23.2 Å². The van der Waals surface area contributed by atoms with Gasteiger partial charge in [-0.1, -0.05) is 26.7 Å². The molecule has 0 saturated heterocycles. The van der Waals surface area contributed by atoms with Gasteiger partial charge in [-0.15, -0.1) is 0 Å². The minimum absolute atomic E-state index is 0.202. The lowest BCUT2D eigenvalue weighted by Gasteiger charge is -2.35. The van der Waals surface area contributed by atoms with Crippen LogP contribution in [0.2, 0.25) is 0 Å². The van der Waals surface area contributed by atoms with Crippen LogP contribution in [0.3, 0.4) is 0 Å². The molecule has 0 radical (unpaired) electrons. The van der Waals surface area contributed by atoms with Gasteiger partial charge in [0.1, 0.15) is 11.3 Å². The molecule has 0 aromatic rings. The summed E-state index contributed by atoms with van der Waals surface area (Å²) in [5, 5.41) is 2.79. The Hall–Kier alpha value is -1.23. The summed E-state index contributed by atoms with van der Waals surface area (Å²) in [5.74, 6) is -0.151. The summed E-state index contributed by atoms with van der Waals surface area (Å²) in [6.45, 7) is 3.87. The molecule has 2 aliphatic rings. The molecule has 3 N–H and O–H groups in total. The molecule has 100 valence electrons. The van der Waals surface area contributed by atoms with Crippen molar-refractivity contribution in [2.75, 3.05) is 0 Å². The fourth-order valence-corrected chi connectivity index (χ4v) is 2.80. The first-order chi connectivity index (χ1) is 8.48. The molecule has 0 aromatic carbocycles. The van der Waals surface area contributed by atoms with Crippen LogP contribution in [0.5, 0.6) is 0 Å². The predicted octanol–water partition coefficient (Wildman–Crippen LogP) is 1.12. The first-order valence-electron chi connectivity index (χ1n) is 6.72. The van der Waals surface area contributed by atoms with Crippen LogP contribution in [0.1, 0.15) is 52.4 Å². The highest BCUT2D eigenvalue weighted by Gasteiger charge is 2.52. The maximum Gasteiger partial charge on any atom is 0.263 e. The fourth-order valence-electron chi connectivity index (χ4n) is 2.80. The normalized spacial score (nSPS) is 23.2. The maximum atomic E-state index is 12.2. The fraction of sp³-hybridized carbons (Fsp3) is 0.769. The highest BCUT2D eigenvalue weighted by Crippen LogP contribution is 2.41. The Morgan fingerprint density at radius 2 is 1.83 bits per heavy atom. The van der Waals surface area contributed by atoms with Gasteiger partial charge >= 0.3 is 0 Å². The zero-order valence-electron chi connectivity index (χ0n) is 11.1. The van der Waals surface area contributed by atoms with Crippen LogP contribution in [0.15, 0.2) is 4.99 Å². The molecule has 1 aliphatic carbocycles. The smallest absolute Gasteiger partial charge is 0.263 e. The molecule has 0 unspecified atom stereocenters. The third-order valence-corrected chi connectivity index (χ3v) is 4.48. The van der Waals surface area contributed by atoms with Gasteiger partial charge in [0.15, 0.2) is 0 Å². The van der Waals surface area contributed by atoms with Crippen LogP contribution in [0, 0.1) is 5.41 Å². The minimum Gasteiger partial charge on any atom is -0.319 e. The Bertz CT molecular complexity index is 404. The van der Waals surface area contributed by atoms with Crippen molar-refractivity contribution in [1.82, 2.24) is 5.32 Å². The number of carbonyl (C=O) groups is 2. The molecule has 1 fully saturated rings. The highest BCUT2D eigenvalue weighted by atomic mass is 16.2. The van der Waals surface area contributed by atoms with Gasteiger partial charge < -0.3 is 11.1 Å². The molecule has 1 aliphatic heterocycles. The molecule has 0 bridgehead atoms. The molecule has 1 spiro atoms. The molecule has 2 amide bonds. The molecular weight excluding hydrogens is 230 g/mol. The predicted molar refractivity (Wildman–Crippen MR) is 69.0 cm³/mol. The molecule has 1 heterocycles. The van der Waals surface area contributed by atoms with E-state index in [1.54, 1.807) is 0 Å². The molecule has 1 saturated carbocycles. The van der Waals surface area contributed by atoms with Gasteiger partial charge in [-0.05, 0) is 25.7 Å². The third-order valence-electron chi connectivity index (χ3n) is 4.48. The first kappa shape index (κ1) is 13.2. The van der Waals surface area contributed by atoms with Gasteiger partial charge in [0, 0.05) is 0 Å². The van der Waals surface area contributed by atoms with Crippen molar-refractivity contribution in [3.8, 4) is 0 Å². The Morgan fingerprint density at radius 1 is 1.28 bits per heavy atom. The number of carbonyl (C=O) groups excluding carboxylic acids is 2. The van der Waals surface area contributed by atoms with E-state index in [9.17, 15) is 9.59 Å². The third kappa shape index (κ3) is 1.77. The molecule has 5 nitrogen and oxygen atoms in total. The zero-order valence-corrected chi connectivity index (χ0v) is 11.1. The molecule has 18 heavy (non-hydrogen) atoms. The Labute approximate surface area is 107 Å². The molecule has 2 rings (SSSR count). The van der Waals surface area contributed by atoms with E-state index in [4.69, 9.17) is 5.73 Å². The van der Waals surface area contributed by atoms with Crippen LogP contribution in [0.25, 0.3) is 0 Å². The van der Waals surface area contributed by atoms with Gasteiger partial charge in [-0.2, -0.15) is 4.99 Å². The van der Waals surface area contributed by atoms with Crippen molar-refractivity contribution < 1.29 is 9.59 Å². The van der Waals surface area contributed by atoms with Gasteiger partial charge in [0.05, 0.1) is 5.54 Å².